The predicted molar refractivity (Wildman–Crippen MR) is 85.4 cm³/mol. The van der Waals surface area contributed by atoms with E-state index in [9.17, 15) is 4.79 Å². The summed E-state index contributed by atoms with van der Waals surface area (Å²) < 4.78 is 11.5. The molecule has 0 amide bonds. The summed E-state index contributed by atoms with van der Waals surface area (Å²) >= 11 is 0. The summed E-state index contributed by atoms with van der Waals surface area (Å²) in [7, 11) is 0. The summed E-state index contributed by atoms with van der Waals surface area (Å²) in [6.07, 6.45) is 0. The van der Waals surface area contributed by atoms with Gasteiger partial charge in [0.25, 0.3) is 0 Å². The topological polar surface area (TPSA) is 35.5 Å². The van der Waals surface area contributed by atoms with Crippen LogP contribution in [0.3, 0.4) is 0 Å². The molecule has 3 heteroatoms. The smallest absolute Gasteiger partial charge is 0.173 e. The molecule has 22 heavy (non-hydrogen) atoms. The Bertz CT molecular complexity index is 662. The van der Waals surface area contributed by atoms with Gasteiger partial charge >= 0.3 is 0 Å². The molecule has 2 aromatic rings. The van der Waals surface area contributed by atoms with Gasteiger partial charge in [-0.2, -0.15) is 0 Å². The van der Waals surface area contributed by atoms with Gasteiger partial charge in [0.15, 0.2) is 5.78 Å². The standard InChI is InChI=1S/C19H20O3/c1-13(2)17-12-22-18-9-8-15(10-16(18)19(17)20)21-11-14-6-4-3-5-7-14/h3-10,13,17H,11-12H2,1-2H3. The zero-order valence-corrected chi connectivity index (χ0v) is 12.9. The molecule has 3 rings (SSSR count). The van der Waals surface area contributed by atoms with Gasteiger partial charge in [0.05, 0.1) is 18.1 Å². The van der Waals surface area contributed by atoms with Crippen LogP contribution < -0.4 is 9.47 Å². The quantitative estimate of drug-likeness (QED) is 0.851. The minimum absolute atomic E-state index is 0.0723. The van der Waals surface area contributed by atoms with Crippen LogP contribution in [0.5, 0.6) is 11.5 Å². The molecule has 114 valence electrons. The molecular weight excluding hydrogens is 276 g/mol. The number of carbonyl (C=O) groups excluding carboxylic acids is 1. The number of fused-ring (bicyclic) bond motifs is 1. The second-order valence-corrected chi connectivity index (χ2v) is 5.96. The van der Waals surface area contributed by atoms with E-state index in [0.717, 1.165) is 5.56 Å². The highest BCUT2D eigenvalue weighted by atomic mass is 16.5. The number of hydrogen-bond donors (Lipinski definition) is 0. The Morgan fingerprint density at radius 3 is 2.68 bits per heavy atom. The molecule has 1 unspecified atom stereocenters. The number of ketones is 1. The Morgan fingerprint density at radius 1 is 1.18 bits per heavy atom. The van der Waals surface area contributed by atoms with Crippen LogP contribution in [0.15, 0.2) is 48.5 Å². The van der Waals surface area contributed by atoms with Crippen LogP contribution in [0.2, 0.25) is 0 Å². The SMILES string of the molecule is CC(C)C1COc2ccc(OCc3ccccc3)cc2C1=O. The monoisotopic (exact) mass is 296 g/mol. The second kappa shape index (κ2) is 6.22. The first-order chi connectivity index (χ1) is 10.6. The van der Waals surface area contributed by atoms with Gasteiger partial charge in [-0.05, 0) is 29.7 Å². The summed E-state index contributed by atoms with van der Waals surface area (Å²) in [5, 5.41) is 0. The maximum absolute atomic E-state index is 12.5. The molecule has 0 saturated carbocycles. The predicted octanol–water partition coefficient (Wildman–Crippen LogP) is 4.11. The van der Waals surface area contributed by atoms with Crippen molar-refractivity contribution in [1.29, 1.82) is 0 Å². The van der Waals surface area contributed by atoms with Crippen molar-refractivity contribution in [2.45, 2.75) is 20.5 Å². The first-order valence-corrected chi connectivity index (χ1v) is 7.63. The van der Waals surface area contributed by atoms with E-state index in [1.165, 1.54) is 0 Å². The van der Waals surface area contributed by atoms with Crippen molar-refractivity contribution in [2.24, 2.45) is 11.8 Å². The molecule has 1 aliphatic rings. The van der Waals surface area contributed by atoms with Crippen LogP contribution >= 0.6 is 0 Å². The molecule has 1 aliphatic heterocycles. The van der Waals surface area contributed by atoms with Crippen molar-refractivity contribution < 1.29 is 14.3 Å². The Labute approximate surface area is 130 Å². The largest absolute Gasteiger partial charge is 0.492 e. The zero-order chi connectivity index (χ0) is 15.5. The van der Waals surface area contributed by atoms with E-state index in [1.807, 2.05) is 56.3 Å². The van der Waals surface area contributed by atoms with Crippen LogP contribution in [0.25, 0.3) is 0 Å². The molecular formula is C19H20O3. The molecule has 0 saturated heterocycles. The summed E-state index contributed by atoms with van der Waals surface area (Å²) in [5.41, 5.74) is 1.73. The molecule has 0 aromatic heterocycles. The van der Waals surface area contributed by atoms with E-state index in [1.54, 1.807) is 6.07 Å². The lowest BCUT2D eigenvalue weighted by atomic mass is 9.86. The third-order valence-corrected chi connectivity index (χ3v) is 4.02. The first kappa shape index (κ1) is 14.6. The highest BCUT2D eigenvalue weighted by Crippen LogP contribution is 2.33. The van der Waals surface area contributed by atoms with Gasteiger partial charge in [0.1, 0.15) is 18.1 Å². The van der Waals surface area contributed by atoms with Crippen molar-refractivity contribution in [3.63, 3.8) is 0 Å². The number of carbonyl (C=O) groups is 1. The highest BCUT2D eigenvalue weighted by molar-refractivity contribution is 6.01. The molecule has 0 N–H and O–H groups in total. The van der Waals surface area contributed by atoms with Gasteiger partial charge in [-0.25, -0.2) is 0 Å². The lowest BCUT2D eigenvalue weighted by molar-refractivity contribution is 0.0774. The van der Waals surface area contributed by atoms with E-state index in [4.69, 9.17) is 9.47 Å². The molecule has 1 heterocycles. The minimum atomic E-state index is -0.0723. The average molecular weight is 296 g/mol. The van der Waals surface area contributed by atoms with Crippen LogP contribution in [-0.4, -0.2) is 12.4 Å². The normalized spacial score (nSPS) is 17.0. The van der Waals surface area contributed by atoms with E-state index >= 15 is 0 Å². The van der Waals surface area contributed by atoms with Gasteiger partial charge in [-0.1, -0.05) is 44.2 Å². The Kier molecular flexibility index (Phi) is 4.14. The maximum atomic E-state index is 12.5. The molecule has 1 atom stereocenters. The molecule has 0 radical (unpaired) electrons. The second-order valence-electron chi connectivity index (χ2n) is 5.96. The fourth-order valence-electron chi connectivity index (χ4n) is 2.61. The number of benzene rings is 2. The van der Waals surface area contributed by atoms with E-state index < -0.39 is 0 Å². The lowest BCUT2D eigenvalue weighted by Gasteiger charge is -2.26. The van der Waals surface area contributed by atoms with Gasteiger partial charge in [-0.3, -0.25) is 4.79 Å². The van der Waals surface area contributed by atoms with Gasteiger partial charge in [0, 0.05) is 0 Å². The fourth-order valence-corrected chi connectivity index (χ4v) is 2.61. The van der Waals surface area contributed by atoms with E-state index in [2.05, 4.69) is 0 Å². The summed E-state index contributed by atoms with van der Waals surface area (Å²) in [6.45, 7) is 5.05. The van der Waals surface area contributed by atoms with Crippen LogP contribution in [-0.2, 0) is 6.61 Å². The van der Waals surface area contributed by atoms with E-state index in [0.29, 0.717) is 30.3 Å². The number of Topliss-reactive ketones (excluding diaryl/α,β-unsaturated/α-hetero) is 1. The lowest BCUT2D eigenvalue weighted by Crippen LogP contribution is -2.31. The highest BCUT2D eigenvalue weighted by Gasteiger charge is 2.31. The fraction of sp³-hybridized carbons (Fsp3) is 0.316. The third kappa shape index (κ3) is 2.98. The molecule has 3 nitrogen and oxygen atoms in total. The van der Waals surface area contributed by atoms with Crippen molar-refractivity contribution >= 4 is 5.78 Å². The van der Waals surface area contributed by atoms with Gasteiger partial charge < -0.3 is 9.47 Å². The van der Waals surface area contributed by atoms with Crippen molar-refractivity contribution in [1.82, 2.24) is 0 Å². The summed E-state index contributed by atoms with van der Waals surface area (Å²) in [4.78, 5) is 12.5. The minimum Gasteiger partial charge on any atom is -0.492 e. The van der Waals surface area contributed by atoms with Crippen molar-refractivity contribution in [2.75, 3.05) is 6.61 Å². The average Bonchev–Trinajstić information content (AvgIpc) is 2.54. The van der Waals surface area contributed by atoms with Crippen LogP contribution in [0.1, 0.15) is 29.8 Å². The van der Waals surface area contributed by atoms with E-state index in [-0.39, 0.29) is 17.6 Å². The van der Waals surface area contributed by atoms with Crippen molar-refractivity contribution in [3.05, 3.63) is 59.7 Å². The number of ether oxygens (including phenoxy) is 2. The molecule has 0 spiro atoms. The van der Waals surface area contributed by atoms with Gasteiger partial charge in [0.2, 0.25) is 0 Å². The maximum Gasteiger partial charge on any atom is 0.173 e. The molecule has 0 fully saturated rings. The number of rotatable bonds is 4. The van der Waals surface area contributed by atoms with Crippen LogP contribution in [0, 0.1) is 11.8 Å². The van der Waals surface area contributed by atoms with Crippen molar-refractivity contribution in [3.8, 4) is 11.5 Å². The summed E-state index contributed by atoms with van der Waals surface area (Å²) in [6, 6.07) is 15.4. The summed E-state index contributed by atoms with van der Waals surface area (Å²) in [5.74, 6) is 1.71. The Morgan fingerprint density at radius 2 is 1.95 bits per heavy atom. The van der Waals surface area contributed by atoms with Gasteiger partial charge in [-0.15, -0.1) is 0 Å². The van der Waals surface area contributed by atoms with Crippen LogP contribution in [0.4, 0.5) is 0 Å². The zero-order valence-electron chi connectivity index (χ0n) is 12.9. The molecule has 2 aromatic carbocycles. The third-order valence-electron chi connectivity index (χ3n) is 4.02. The number of hydrogen-bond acceptors (Lipinski definition) is 3. The molecule has 0 bridgehead atoms. The Hall–Kier alpha value is -2.29. The molecule has 0 aliphatic carbocycles. The first-order valence-electron chi connectivity index (χ1n) is 7.63. The Balaban J connectivity index is 1.77.